The van der Waals surface area contributed by atoms with Crippen molar-refractivity contribution in [3.05, 3.63) is 33.8 Å². The van der Waals surface area contributed by atoms with Crippen molar-refractivity contribution in [2.45, 2.75) is 0 Å². The molecule has 68 valence electrons. The summed E-state index contributed by atoms with van der Waals surface area (Å²) >= 11 is 13.6. The van der Waals surface area contributed by atoms with Crippen molar-refractivity contribution in [2.24, 2.45) is 0 Å². The molecule has 13 heavy (non-hydrogen) atoms. The number of carbonyl (C=O) groups excluding carboxylic acids is 2. The van der Waals surface area contributed by atoms with Crippen molar-refractivity contribution in [1.82, 2.24) is 0 Å². The first kappa shape index (κ1) is 10.7. The van der Waals surface area contributed by atoms with Gasteiger partial charge < -0.3 is 0 Å². The molecule has 0 saturated heterocycles. The van der Waals surface area contributed by atoms with E-state index in [1.54, 1.807) is 0 Å². The fourth-order valence-corrected chi connectivity index (χ4v) is 1.75. The Morgan fingerprint density at radius 3 is 2.15 bits per heavy atom. The Bertz CT molecular complexity index is 376. The normalized spacial score (nSPS) is 9.77. The SMILES string of the molecule is O=C(Cl)c1ccc(C(=O)Cl)c(Br)c1. The molecular weight excluding hydrogens is 279 g/mol. The van der Waals surface area contributed by atoms with Crippen LogP contribution in [0.5, 0.6) is 0 Å². The highest BCUT2D eigenvalue weighted by Gasteiger charge is 2.09. The lowest BCUT2D eigenvalue weighted by atomic mass is 10.2. The first-order valence-corrected chi connectivity index (χ1v) is 4.76. The Balaban J connectivity index is 3.20. The van der Waals surface area contributed by atoms with Crippen LogP contribution in [-0.2, 0) is 0 Å². The van der Waals surface area contributed by atoms with E-state index >= 15 is 0 Å². The van der Waals surface area contributed by atoms with Crippen LogP contribution >= 0.6 is 39.1 Å². The predicted octanol–water partition coefficient (Wildman–Crippen LogP) is 3.21. The first-order chi connectivity index (χ1) is 6.02. The van der Waals surface area contributed by atoms with Crippen molar-refractivity contribution in [3.63, 3.8) is 0 Å². The molecular formula is C8H3BrCl2O2. The molecule has 1 aromatic carbocycles. The van der Waals surface area contributed by atoms with Gasteiger partial charge in [-0.3, -0.25) is 9.59 Å². The van der Waals surface area contributed by atoms with Gasteiger partial charge in [0.25, 0.3) is 10.5 Å². The summed E-state index contributed by atoms with van der Waals surface area (Å²) in [6.45, 7) is 0. The van der Waals surface area contributed by atoms with Gasteiger partial charge in [-0.1, -0.05) is 0 Å². The Morgan fingerprint density at radius 1 is 1.15 bits per heavy atom. The first-order valence-electron chi connectivity index (χ1n) is 3.21. The summed E-state index contributed by atoms with van der Waals surface area (Å²) in [7, 11) is 0. The number of rotatable bonds is 2. The second kappa shape index (κ2) is 4.22. The van der Waals surface area contributed by atoms with Gasteiger partial charge in [-0.25, -0.2) is 0 Å². The summed E-state index contributed by atoms with van der Waals surface area (Å²) in [5.41, 5.74) is 0.624. The molecule has 0 aromatic heterocycles. The zero-order valence-corrected chi connectivity index (χ0v) is 9.28. The van der Waals surface area contributed by atoms with Gasteiger partial charge in [0.2, 0.25) is 0 Å². The minimum atomic E-state index is -0.583. The van der Waals surface area contributed by atoms with Gasteiger partial charge in [-0.05, 0) is 57.3 Å². The van der Waals surface area contributed by atoms with Gasteiger partial charge in [-0.15, -0.1) is 0 Å². The highest BCUT2D eigenvalue weighted by atomic mass is 79.9. The lowest BCUT2D eigenvalue weighted by Gasteiger charge is -1.99. The molecule has 0 aliphatic carbocycles. The molecule has 0 bridgehead atoms. The number of carbonyl (C=O) groups is 2. The van der Waals surface area contributed by atoms with E-state index in [4.69, 9.17) is 23.2 Å². The molecule has 0 N–H and O–H groups in total. The van der Waals surface area contributed by atoms with Crippen LogP contribution in [0.4, 0.5) is 0 Å². The van der Waals surface area contributed by atoms with E-state index in [9.17, 15) is 9.59 Å². The van der Waals surface area contributed by atoms with Crippen molar-refractivity contribution in [1.29, 1.82) is 0 Å². The number of halogens is 3. The minimum absolute atomic E-state index is 0.309. The number of hydrogen-bond donors (Lipinski definition) is 0. The molecule has 1 aromatic rings. The highest BCUT2D eigenvalue weighted by Crippen LogP contribution is 2.21. The van der Waals surface area contributed by atoms with Crippen LogP contribution < -0.4 is 0 Å². The molecule has 5 heteroatoms. The molecule has 0 heterocycles. The quantitative estimate of drug-likeness (QED) is 0.780. The summed E-state index contributed by atoms with van der Waals surface area (Å²) < 4.78 is 0.457. The van der Waals surface area contributed by atoms with Gasteiger partial charge in [0.15, 0.2) is 0 Å². The van der Waals surface area contributed by atoms with E-state index in [1.165, 1.54) is 18.2 Å². The zero-order chi connectivity index (χ0) is 10.0. The van der Waals surface area contributed by atoms with E-state index < -0.39 is 10.5 Å². The molecule has 0 spiro atoms. The van der Waals surface area contributed by atoms with Gasteiger partial charge in [0.05, 0.1) is 0 Å². The Morgan fingerprint density at radius 2 is 1.77 bits per heavy atom. The highest BCUT2D eigenvalue weighted by molar-refractivity contribution is 9.10. The van der Waals surface area contributed by atoms with Crippen molar-refractivity contribution < 1.29 is 9.59 Å². The smallest absolute Gasteiger partial charge is 0.253 e. The van der Waals surface area contributed by atoms with Crippen LogP contribution in [0.3, 0.4) is 0 Å². The third-order valence-electron chi connectivity index (χ3n) is 1.41. The maximum absolute atomic E-state index is 10.8. The standard InChI is InChI=1S/C8H3BrCl2O2/c9-6-3-4(7(10)12)1-2-5(6)8(11)13/h1-3H. The van der Waals surface area contributed by atoms with Gasteiger partial charge in [0.1, 0.15) is 0 Å². The molecule has 0 aliphatic heterocycles. The van der Waals surface area contributed by atoms with Gasteiger partial charge in [0, 0.05) is 15.6 Å². The van der Waals surface area contributed by atoms with E-state index in [0.717, 1.165) is 0 Å². The molecule has 1 rings (SSSR count). The van der Waals surface area contributed by atoms with Crippen LogP contribution in [0.25, 0.3) is 0 Å². The lowest BCUT2D eigenvalue weighted by molar-refractivity contribution is 0.107. The predicted molar refractivity (Wildman–Crippen MR) is 54.5 cm³/mol. The van der Waals surface area contributed by atoms with Gasteiger partial charge in [-0.2, -0.15) is 0 Å². The third-order valence-corrected chi connectivity index (χ3v) is 2.49. The minimum Gasteiger partial charge on any atom is -0.276 e. The second-order valence-corrected chi connectivity index (χ2v) is 3.78. The Hall–Kier alpha value is -0.380. The van der Waals surface area contributed by atoms with Crippen LogP contribution in [-0.4, -0.2) is 10.5 Å². The summed E-state index contributed by atoms with van der Waals surface area (Å²) in [5, 5.41) is -1.16. The molecule has 0 unspecified atom stereocenters. The maximum Gasteiger partial charge on any atom is 0.253 e. The Kier molecular flexibility index (Phi) is 3.47. The third kappa shape index (κ3) is 2.53. The van der Waals surface area contributed by atoms with E-state index in [-0.39, 0.29) is 0 Å². The topological polar surface area (TPSA) is 34.1 Å². The molecule has 0 atom stereocenters. The maximum atomic E-state index is 10.8. The lowest BCUT2D eigenvalue weighted by Crippen LogP contribution is -1.94. The van der Waals surface area contributed by atoms with E-state index in [1.807, 2.05) is 0 Å². The molecule has 0 aliphatic rings. The van der Waals surface area contributed by atoms with Crippen LogP contribution in [0.15, 0.2) is 22.7 Å². The monoisotopic (exact) mass is 280 g/mol. The van der Waals surface area contributed by atoms with E-state index in [0.29, 0.717) is 15.6 Å². The summed E-state index contributed by atoms with van der Waals surface area (Å²) in [4.78, 5) is 21.5. The number of benzene rings is 1. The average molecular weight is 282 g/mol. The van der Waals surface area contributed by atoms with Crippen LogP contribution in [0.1, 0.15) is 20.7 Å². The van der Waals surface area contributed by atoms with E-state index in [2.05, 4.69) is 15.9 Å². The largest absolute Gasteiger partial charge is 0.276 e. The average Bonchev–Trinajstić information content (AvgIpc) is 2.03. The molecule has 0 amide bonds. The second-order valence-electron chi connectivity index (χ2n) is 2.24. The van der Waals surface area contributed by atoms with Crippen molar-refractivity contribution >= 4 is 49.6 Å². The zero-order valence-electron chi connectivity index (χ0n) is 6.18. The molecule has 2 nitrogen and oxygen atoms in total. The summed E-state index contributed by atoms with van der Waals surface area (Å²) in [5.74, 6) is 0. The van der Waals surface area contributed by atoms with Gasteiger partial charge >= 0.3 is 0 Å². The van der Waals surface area contributed by atoms with Crippen LogP contribution in [0.2, 0.25) is 0 Å². The van der Waals surface area contributed by atoms with Crippen molar-refractivity contribution in [3.8, 4) is 0 Å². The molecule has 0 radical (unpaired) electrons. The van der Waals surface area contributed by atoms with Crippen LogP contribution in [0, 0.1) is 0 Å². The van der Waals surface area contributed by atoms with Crippen molar-refractivity contribution in [2.75, 3.05) is 0 Å². The fourth-order valence-electron chi connectivity index (χ4n) is 0.797. The Labute approximate surface area is 93.0 Å². The summed E-state index contributed by atoms with van der Waals surface area (Å²) in [6, 6.07) is 4.33. The summed E-state index contributed by atoms with van der Waals surface area (Å²) in [6.07, 6.45) is 0. The molecule has 0 fully saturated rings. The number of hydrogen-bond acceptors (Lipinski definition) is 2. The fraction of sp³-hybridized carbons (Fsp3) is 0. The molecule has 0 saturated carbocycles.